The average molecular weight is 401 g/mol. The molecule has 0 bridgehead atoms. The lowest BCUT2D eigenvalue weighted by molar-refractivity contribution is -0.124. The Morgan fingerprint density at radius 3 is 2.64 bits per heavy atom. The molecule has 1 aromatic heterocycles. The highest BCUT2D eigenvalue weighted by molar-refractivity contribution is 6.33. The van der Waals surface area contributed by atoms with Gasteiger partial charge in [0.2, 0.25) is 11.8 Å². The average Bonchev–Trinajstić information content (AvgIpc) is 3.01. The number of nitrogens with one attached hydrogen (secondary N) is 2. The van der Waals surface area contributed by atoms with Crippen LogP contribution < -0.4 is 10.6 Å². The Labute approximate surface area is 167 Å². The van der Waals surface area contributed by atoms with Crippen molar-refractivity contribution in [2.75, 3.05) is 25.6 Å². The van der Waals surface area contributed by atoms with Crippen molar-refractivity contribution in [1.82, 2.24) is 14.9 Å². The zero-order valence-corrected chi connectivity index (χ0v) is 16.2. The monoisotopic (exact) mass is 400 g/mol. The largest absolute Gasteiger partial charge is 0.375 e. The fourth-order valence-electron chi connectivity index (χ4n) is 2.88. The van der Waals surface area contributed by atoms with E-state index in [1.54, 1.807) is 18.2 Å². The van der Waals surface area contributed by atoms with Crippen molar-refractivity contribution in [3.05, 3.63) is 59.4 Å². The first-order chi connectivity index (χ1) is 13.6. The van der Waals surface area contributed by atoms with Gasteiger partial charge in [-0.2, -0.15) is 0 Å². The molecule has 8 heteroatoms. The molecule has 0 saturated heterocycles. The van der Waals surface area contributed by atoms with E-state index in [0.29, 0.717) is 29.5 Å². The predicted molar refractivity (Wildman–Crippen MR) is 108 cm³/mol. The number of ether oxygens (including phenoxy) is 1. The number of aromatic nitrogens is 2. The van der Waals surface area contributed by atoms with Crippen LogP contribution in [0.2, 0.25) is 5.02 Å². The van der Waals surface area contributed by atoms with Crippen LogP contribution in [0.1, 0.15) is 5.82 Å². The van der Waals surface area contributed by atoms with Crippen molar-refractivity contribution in [1.29, 1.82) is 0 Å². The van der Waals surface area contributed by atoms with E-state index < -0.39 is 0 Å². The van der Waals surface area contributed by atoms with Gasteiger partial charge in [0.25, 0.3) is 0 Å². The lowest BCUT2D eigenvalue weighted by Gasteiger charge is -2.11. The number of imidazole rings is 1. The summed E-state index contributed by atoms with van der Waals surface area (Å²) in [7, 11) is 1.47. The van der Waals surface area contributed by atoms with Gasteiger partial charge in [0, 0.05) is 20.1 Å². The van der Waals surface area contributed by atoms with Crippen molar-refractivity contribution in [3.8, 4) is 0 Å². The molecule has 2 N–H and O–H groups in total. The van der Waals surface area contributed by atoms with E-state index >= 15 is 0 Å². The zero-order chi connectivity index (χ0) is 19.9. The fourth-order valence-corrected chi connectivity index (χ4v) is 3.07. The molecule has 3 aromatic rings. The van der Waals surface area contributed by atoms with E-state index in [4.69, 9.17) is 16.3 Å². The zero-order valence-electron chi connectivity index (χ0n) is 15.4. The summed E-state index contributed by atoms with van der Waals surface area (Å²) in [6, 6.07) is 14.7. The summed E-state index contributed by atoms with van der Waals surface area (Å²) in [5.74, 6) is 0.316. The summed E-state index contributed by atoms with van der Waals surface area (Å²) < 4.78 is 6.65. The molecule has 7 nitrogen and oxygen atoms in total. The second kappa shape index (κ2) is 9.34. The van der Waals surface area contributed by atoms with E-state index in [0.717, 1.165) is 11.0 Å². The van der Waals surface area contributed by atoms with Gasteiger partial charge in [-0.15, -0.1) is 0 Å². The molecule has 0 saturated carbocycles. The van der Waals surface area contributed by atoms with Crippen molar-refractivity contribution in [2.45, 2.75) is 13.0 Å². The Balaban J connectivity index is 1.76. The second-order valence-electron chi connectivity index (χ2n) is 6.16. The molecule has 0 aliphatic carbocycles. The third-order valence-corrected chi connectivity index (χ3v) is 4.46. The third-order valence-electron chi connectivity index (χ3n) is 4.13. The van der Waals surface area contributed by atoms with Crippen molar-refractivity contribution >= 4 is 40.1 Å². The fraction of sp³-hybridized carbons (Fsp3) is 0.250. The molecule has 2 amide bonds. The number of hydrogen-bond donors (Lipinski definition) is 2. The van der Waals surface area contributed by atoms with Gasteiger partial charge in [0.15, 0.2) is 0 Å². The highest BCUT2D eigenvalue weighted by atomic mass is 35.5. The minimum Gasteiger partial charge on any atom is -0.375 e. The summed E-state index contributed by atoms with van der Waals surface area (Å²) in [6.45, 7) is 0.501. The van der Waals surface area contributed by atoms with E-state index in [9.17, 15) is 9.59 Å². The topological polar surface area (TPSA) is 85.2 Å². The summed E-state index contributed by atoms with van der Waals surface area (Å²) in [5.41, 5.74) is 2.22. The number of halogens is 1. The molecule has 1 heterocycles. The molecule has 2 aromatic carbocycles. The first-order valence-electron chi connectivity index (χ1n) is 8.82. The number of methoxy groups -OCH3 is 1. The standard InChI is InChI=1S/C20H21ClN4O3/c1-28-13-20(27)22-11-10-18-23-16-8-4-5-9-17(16)25(18)12-19(26)24-15-7-3-2-6-14(15)21/h2-9H,10-13H2,1H3,(H,22,27)(H,24,26). The van der Waals surface area contributed by atoms with E-state index in [1.165, 1.54) is 7.11 Å². The van der Waals surface area contributed by atoms with Gasteiger partial charge < -0.3 is 19.9 Å². The van der Waals surface area contributed by atoms with Crippen LogP contribution in [0.25, 0.3) is 11.0 Å². The predicted octanol–water partition coefficient (Wildman–Crippen LogP) is 2.63. The van der Waals surface area contributed by atoms with Gasteiger partial charge in [0.05, 0.1) is 21.7 Å². The molecular formula is C20H21ClN4O3. The van der Waals surface area contributed by atoms with Gasteiger partial charge in [-0.05, 0) is 24.3 Å². The number of rotatable bonds is 8. The Hall–Kier alpha value is -2.90. The first kappa shape index (κ1) is 19.9. The number of hydrogen-bond acceptors (Lipinski definition) is 4. The number of carbonyl (C=O) groups excluding carboxylic acids is 2. The Bertz CT molecular complexity index is 986. The van der Waals surface area contributed by atoms with Crippen LogP contribution in [0.4, 0.5) is 5.69 Å². The summed E-state index contributed by atoms with van der Waals surface area (Å²) >= 11 is 6.12. The van der Waals surface area contributed by atoms with E-state index in [-0.39, 0.29) is 25.0 Å². The summed E-state index contributed by atoms with van der Waals surface area (Å²) in [5, 5.41) is 6.07. The van der Waals surface area contributed by atoms with Crippen LogP contribution >= 0.6 is 11.6 Å². The smallest absolute Gasteiger partial charge is 0.245 e. The van der Waals surface area contributed by atoms with Gasteiger partial charge in [-0.25, -0.2) is 4.98 Å². The van der Waals surface area contributed by atoms with Crippen molar-refractivity contribution < 1.29 is 14.3 Å². The highest BCUT2D eigenvalue weighted by Gasteiger charge is 2.14. The Morgan fingerprint density at radius 1 is 1.11 bits per heavy atom. The van der Waals surface area contributed by atoms with Crippen LogP contribution in [0.15, 0.2) is 48.5 Å². The van der Waals surface area contributed by atoms with Gasteiger partial charge in [-0.3, -0.25) is 9.59 Å². The molecule has 0 aliphatic rings. The van der Waals surface area contributed by atoms with Gasteiger partial charge in [0.1, 0.15) is 19.0 Å². The van der Waals surface area contributed by atoms with Crippen molar-refractivity contribution in [3.63, 3.8) is 0 Å². The number of para-hydroxylation sites is 3. The van der Waals surface area contributed by atoms with Crippen molar-refractivity contribution in [2.24, 2.45) is 0 Å². The molecule has 0 aliphatic heterocycles. The maximum absolute atomic E-state index is 12.6. The normalized spacial score (nSPS) is 10.8. The highest BCUT2D eigenvalue weighted by Crippen LogP contribution is 2.21. The lowest BCUT2D eigenvalue weighted by atomic mass is 10.3. The molecular weight excluding hydrogens is 380 g/mol. The lowest BCUT2D eigenvalue weighted by Crippen LogP contribution is -2.30. The van der Waals surface area contributed by atoms with Crippen LogP contribution in [-0.2, 0) is 27.3 Å². The Morgan fingerprint density at radius 2 is 1.86 bits per heavy atom. The van der Waals surface area contributed by atoms with Gasteiger partial charge in [-0.1, -0.05) is 35.9 Å². The third kappa shape index (κ3) is 4.88. The number of amides is 2. The van der Waals surface area contributed by atoms with Crippen LogP contribution in [-0.4, -0.2) is 41.6 Å². The minimum atomic E-state index is -0.207. The maximum Gasteiger partial charge on any atom is 0.245 e. The molecule has 0 radical (unpaired) electrons. The first-order valence-corrected chi connectivity index (χ1v) is 9.20. The number of fused-ring (bicyclic) bond motifs is 1. The number of benzene rings is 2. The van der Waals surface area contributed by atoms with E-state index in [2.05, 4.69) is 15.6 Å². The minimum absolute atomic E-state index is 0.0106. The number of carbonyl (C=O) groups is 2. The molecule has 146 valence electrons. The van der Waals surface area contributed by atoms with Crippen LogP contribution in [0, 0.1) is 0 Å². The molecule has 0 spiro atoms. The van der Waals surface area contributed by atoms with Crippen LogP contribution in [0.5, 0.6) is 0 Å². The number of nitrogens with zero attached hydrogens (tertiary/aromatic N) is 2. The molecule has 3 rings (SSSR count). The van der Waals surface area contributed by atoms with Crippen LogP contribution in [0.3, 0.4) is 0 Å². The molecule has 0 atom stereocenters. The molecule has 28 heavy (non-hydrogen) atoms. The SMILES string of the molecule is COCC(=O)NCCc1nc2ccccc2n1CC(=O)Nc1ccccc1Cl. The van der Waals surface area contributed by atoms with E-state index in [1.807, 2.05) is 34.9 Å². The summed E-state index contributed by atoms with van der Waals surface area (Å²) in [6.07, 6.45) is 0.490. The molecule has 0 fully saturated rings. The number of anilines is 1. The Kier molecular flexibility index (Phi) is 6.62. The maximum atomic E-state index is 12.6. The quantitative estimate of drug-likeness (QED) is 0.608. The molecule has 0 unspecified atom stereocenters. The second-order valence-corrected chi connectivity index (χ2v) is 6.57. The van der Waals surface area contributed by atoms with Gasteiger partial charge >= 0.3 is 0 Å². The summed E-state index contributed by atoms with van der Waals surface area (Å²) in [4.78, 5) is 28.8.